The highest BCUT2D eigenvalue weighted by Gasteiger charge is 2.40. The van der Waals surface area contributed by atoms with E-state index in [0.29, 0.717) is 5.41 Å². The maximum Gasteiger partial charge on any atom is 0.0598 e. The van der Waals surface area contributed by atoms with E-state index in [-0.39, 0.29) is 0 Å². The molecule has 1 heterocycles. The van der Waals surface area contributed by atoms with Crippen LogP contribution in [-0.2, 0) is 0 Å². The molecule has 2 aromatic rings. The Morgan fingerprint density at radius 2 is 2.12 bits per heavy atom. The lowest BCUT2D eigenvalue weighted by molar-refractivity contribution is 0.556. The Morgan fingerprint density at radius 1 is 1.31 bits per heavy atom. The van der Waals surface area contributed by atoms with Crippen molar-refractivity contribution in [2.24, 2.45) is 11.1 Å². The Hall–Kier alpha value is -1.48. The molecule has 3 nitrogen and oxygen atoms in total. The van der Waals surface area contributed by atoms with Gasteiger partial charge in [0.05, 0.1) is 5.69 Å². The standard InChI is InChI=1S/C13H17N3/c14-8-13(5-6-13)9-16-12-7-15-11-4-2-1-3-10(11)12/h1-4,7,15-16H,5-6,8-9,14H2. The summed E-state index contributed by atoms with van der Waals surface area (Å²) in [5, 5.41) is 4.77. The van der Waals surface area contributed by atoms with Crippen LogP contribution in [0.25, 0.3) is 10.9 Å². The number of para-hydroxylation sites is 1. The number of rotatable bonds is 4. The molecule has 1 aromatic carbocycles. The van der Waals surface area contributed by atoms with Crippen molar-refractivity contribution in [3.05, 3.63) is 30.5 Å². The first kappa shape index (κ1) is 9.73. The normalized spacial score (nSPS) is 17.6. The molecule has 1 fully saturated rings. The van der Waals surface area contributed by atoms with Gasteiger partial charge in [0.1, 0.15) is 0 Å². The Labute approximate surface area is 95.0 Å². The van der Waals surface area contributed by atoms with E-state index >= 15 is 0 Å². The second-order valence-electron chi connectivity index (χ2n) is 4.81. The molecule has 0 unspecified atom stereocenters. The van der Waals surface area contributed by atoms with Gasteiger partial charge < -0.3 is 16.0 Å². The first-order chi connectivity index (χ1) is 7.83. The summed E-state index contributed by atoms with van der Waals surface area (Å²) in [6, 6.07) is 8.34. The van der Waals surface area contributed by atoms with Gasteiger partial charge in [-0.3, -0.25) is 0 Å². The Kier molecular flexibility index (Phi) is 2.14. The summed E-state index contributed by atoms with van der Waals surface area (Å²) in [7, 11) is 0. The highest BCUT2D eigenvalue weighted by molar-refractivity contribution is 5.92. The van der Waals surface area contributed by atoms with Gasteiger partial charge in [0.15, 0.2) is 0 Å². The number of aromatic nitrogens is 1. The van der Waals surface area contributed by atoms with Gasteiger partial charge in [-0.2, -0.15) is 0 Å². The van der Waals surface area contributed by atoms with Crippen molar-refractivity contribution in [1.29, 1.82) is 0 Å². The first-order valence-corrected chi connectivity index (χ1v) is 5.83. The molecule has 1 aromatic heterocycles. The van der Waals surface area contributed by atoms with Crippen molar-refractivity contribution in [3.63, 3.8) is 0 Å². The average molecular weight is 215 g/mol. The molecule has 16 heavy (non-hydrogen) atoms. The zero-order chi connectivity index (χ0) is 11.0. The lowest BCUT2D eigenvalue weighted by atomic mass is 10.1. The zero-order valence-electron chi connectivity index (χ0n) is 9.29. The van der Waals surface area contributed by atoms with Crippen molar-refractivity contribution >= 4 is 16.6 Å². The third-order valence-electron chi connectivity index (χ3n) is 3.63. The molecule has 4 N–H and O–H groups in total. The largest absolute Gasteiger partial charge is 0.383 e. The van der Waals surface area contributed by atoms with Crippen LogP contribution in [0.1, 0.15) is 12.8 Å². The molecule has 0 radical (unpaired) electrons. The van der Waals surface area contributed by atoms with E-state index in [1.165, 1.54) is 29.4 Å². The van der Waals surface area contributed by atoms with Crippen LogP contribution in [0.5, 0.6) is 0 Å². The van der Waals surface area contributed by atoms with Gasteiger partial charge in [0.25, 0.3) is 0 Å². The second-order valence-corrected chi connectivity index (χ2v) is 4.81. The quantitative estimate of drug-likeness (QED) is 0.733. The third-order valence-corrected chi connectivity index (χ3v) is 3.63. The average Bonchev–Trinajstić information content (AvgIpc) is 3.01. The summed E-state index contributed by atoms with van der Waals surface area (Å²) < 4.78 is 0. The fourth-order valence-electron chi connectivity index (χ4n) is 2.13. The molecule has 3 heteroatoms. The fourth-order valence-corrected chi connectivity index (χ4v) is 2.13. The van der Waals surface area contributed by atoms with Crippen molar-refractivity contribution in [2.75, 3.05) is 18.4 Å². The highest BCUT2D eigenvalue weighted by Crippen LogP contribution is 2.44. The Morgan fingerprint density at radius 3 is 2.88 bits per heavy atom. The van der Waals surface area contributed by atoms with E-state index in [9.17, 15) is 0 Å². The summed E-state index contributed by atoms with van der Waals surface area (Å²) >= 11 is 0. The molecule has 0 bridgehead atoms. The third kappa shape index (κ3) is 1.57. The van der Waals surface area contributed by atoms with Gasteiger partial charge in [0, 0.05) is 23.6 Å². The predicted octanol–water partition coefficient (Wildman–Crippen LogP) is 2.32. The number of anilines is 1. The molecule has 0 aliphatic heterocycles. The van der Waals surface area contributed by atoms with Crippen molar-refractivity contribution in [2.45, 2.75) is 12.8 Å². The number of nitrogens with two attached hydrogens (primary N) is 1. The van der Waals surface area contributed by atoms with Crippen LogP contribution in [0.2, 0.25) is 0 Å². The Bertz CT molecular complexity index is 497. The van der Waals surface area contributed by atoms with Crippen LogP contribution < -0.4 is 11.1 Å². The topological polar surface area (TPSA) is 53.8 Å². The van der Waals surface area contributed by atoms with Gasteiger partial charge in [-0.05, 0) is 30.9 Å². The minimum Gasteiger partial charge on any atom is -0.383 e. The first-order valence-electron chi connectivity index (χ1n) is 5.83. The van der Waals surface area contributed by atoms with Crippen LogP contribution in [0, 0.1) is 5.41 Å². The van der Waals surface area contributed by atoms with E-state index in [4.69, 9.17) is 5.73 Å². The van der Waals surface area contributed by atoms with Gasteiger partial charge in [-0.25, -0.2) is 0 Å². The molecule has 1 aliphatic rings. The summed E-state index contributed by atoms with van der Waals surface area (Å²) in [5.74, 6) is 0. The van der Waals surface area contributed by atoms with E-state index in [1.807, 2.05) is 12.3 Å². The molecule has 3 rings (SSSR count). The molecular formula is C13H17N3. The van der Waals surface area contributed by atoms with Gasteiger partial charge in [-0.1, -0.05) is 18.2 Å². The number of nitrogens with one attached hydrogen (secondary N) is 2. The number of aromatic amines is 1. The highest BCUT2D eigenvalue weighted by atomic mass is 14.9. The van der Waals surface area contributed by atoms with Gasteiger partial charge >= 0.3 is 0 Å². The number of fused-ring (bicyclic) bond motifs is 1. The molecule has 0 amide bonds. The van der Waals surface area contributed by atoms with Crippen molar-refractivity contribution < 1.29 is 0 Å². The number of hydrogen-bond donors (Lipinski definition) is 3. The summed E-state index contributed by atoms with van der Waals surface area (Å²) in [4.78, 5) is 3.27. The Balaban J connectivity index is 1.79. The molecule has 0 atom stereocenters. The lowest BCUT2D eigenvalue weighted by Gasteiger charge is -2.13. The van der Waals surface area contributed by atoms with Crippen LogP contribution in [0.15, 0.2) is 30.5 Å². The molecule has 0 saturated heterocycles. The summed E-state index contributed by atoms with van der Waals surface area (Å²) in [6.07, 6.45) is 4.56. The van der Waals surface area contributed by atoms with E-state index in [2.05, 4.69) is 28.5 Å². The molecule has 84 valence electrons. The van der Waals surface area contributed by atoms with E-state index in [1.54, 1.807) is 0 Å². The maximum atomic E-state index is 5.77. The number of hydrogen-bond acceptors (Lipinski definition) is 2. The number of benzene rings is 1. The zero-order valence-corrected chi connectivity index (χ0v) is 9.29. The molecule has 0 spiro atoms. The van der Waals surface area contributed by atoms with Gasteiger partial charge in [-0.15, -0.1) is 0 Å². The minimum atomic E-state index is 0.373. The summed E-state index contributed by atoms with van der Waals surface area (Å²) in [6.45, 7) is 1.79. The van der Waals surface area contributed by atoms with Crippen LogP contribution in [0.4, 0.5) is 5.69 Å². The minimum absolute atomic E-state index is 0.373. The molecular weight excluding hydrogens is 198 g/mol. The molecule has 1 saturated carbocycles. The molecule has 1 aliphatic carbocycles. The number of H-pyrrole nitrogens is 1. The van der Waals surface area contributed by atoms with E-state index in [0.717, 1.165) is 13.1 Å². The SMILES string of the molecule is NCC1(CNc2c[nH]c3ccccc23)CC1. The van der Waals surface area contributed by atoms with Crippen LogP contribution >= 0.6 is 0 Å². The fraction of sp³-hybridized carbons (Fsp3) is 0.385. The second kappa shape index (κ2) is 3.52. The lowest BCUT2D eigenvalue weighted by Crippen LogP contribution is -2.24. The predicted molar refractivity (Wildman–Crippen MR) is 67.5 cm³/mol. The van der Waals surface area contributed by atoms with Gasteiger partial charge in [0.2, 0.25) is 0 Å². The summed E-state index contributed by atoms with van der Waals surface area (Å²) in [5.41, 5.74) is 8.52. The van der Waals surface area contributed by atoms with Crippen LogP contribution in [0.3, 0.4) is 0 Å². The van der Waals surface area contributed by atoms with Crippen molar-refractivity contribution in [1.82, 2.24) is 4.98 Å². The smallest absolute Gasteiger partial charge is 0.0598 e. The monoisotopic (exact) mass is 215 g/mol. The van der Waals surface area contributed by atoms with Crippen LogP contribution in [-0.4, -0.2) is 18.1 Å². The van der Waals surface area contributed by atoms with E-state index < -0.39 is 0 Å². The van der Waals surface area contributed by atoms with Crippen molar-refractivity contribution in [3.8, 4) is 0 Å². The maximum absolute atomic E-state index is 5.77.